The molecule has 1 aliphatic rings. The summed E-state index contributed by atoms with van der Waals surface area (Å²) in [6.45, 7) is 2.31. The van der Waals surface area contributed by atoms with E-state index < -0.39 is 0 Å². The van der Waals surface area contributed by atoms with E-state index in [4.69, 9.17) is 10.5 Å². The molecule has 2 atom stereocenters. The Balaban J connectivity index is 1.98. The standard InChI is InChI=1S/C17H22N2O/c1-19(14-9-10-20-12-14)17(11-18)16-8-4-6-13-5-2-3-7-15(13)16/h2-8,14,17H,9-12,18H2,1H3. The summed E-state index contributed by atoms with van der Waals surface area (Å²) in [4.78, 5) is 2.38. The van der Waals surface area contributed by atoms with Gasteiger partial charge in [-0.05, 0) is 29.8 Å². The largest absolute Gasteiger partial charge is 0.380 e. The molecule has 20 heavy (non-hydrogen) atoms. The third kappa shape index (κ3) is 2.44. The van der Waals surface area contributed by atoms with Crippen molar-refractivity contribution < 1.29 is 4.74 Å². The molecule has 0 amide bonds. The van der Waals surface area contributed by atoms with Crippen LogP contribution in [-0.2, 0) is 4.74 Å². The smallest absolute Gasteiger partial charge is 0.0622 e. The normalized spacial score (nSPS) is 20.6. The molecular weight excluding hydrogens is 248 g/mol. The van der Waals surface area contributed by atoms with Gasteiger partial charge in [-0.15, -0.1) is 0 Å². The Labute approximate surface area is 120 Å². The number of benzene rings is 2. The lowest BCUT2D eigenvalue weighted by atomic mass is 9.97. The zero-order valence-corrected chi connectivity index (χ0v) is 12.0. The summed E-state index contributed by atoms with van der Waals surface area (Å²) in [6, 6.07) is 15.7. The molecule has 1 aliphatic heterocycles. The number of nitrogens with zero attached hydrogens (tertiary/aromatic N) is 1. The van der Waals surface area contributed by atoms with Gasteiger partial charge in [-0.2, -0.15) is 0 Å². The third-order valence-electron chi connectivity index (χ3n) is 4.38. The van der Waals surface area contributed by atoms with E-state index in [0.29, 0.717) is 12.6 Å². The molecule has 0 bridgehead atoms. The molecule has 2 N–H and O–H groups in total. The predicted molar refractivity (Wildman–Crippen MR) is 82.7 cm³/mol. The van der Waals surface area contributed by atoms with Crippen molar-refractivity contribution >= 4 is 10.8 Å². The number of likely N-dealkylation sites (N-methyl/N-ethyl adjacent to an activating group) is 1. The fourth-order valence-electron chi connectivity index (χ4n) is 3.15. The van der Waals surface area contributed by atoms with Crippen LogP contribution in [0.3, 0.4) is 0 Å². The van der Waals surface area contributed by atoms with Gasteiger partial charge in [-0.1, -0.05) is 42.5 Å². The highest BCUT2D eigenvalue weighted by atomic mass is 16.5. The van der Waals surface area contributed by atoms with Gasteiger partial charge in [0.1, 0.15) is 0 Å². The first-order valence-electron chi connectivity index (χ1n) is 7.28. The van der Waals surface area contributed by atoms with Crippen molar-refractivity contribution in [3.63, 3.8) is 0 Å². The number of hydrogen-bond donors (Lipinski definition) is 1. The quantitative estimate of drug-likeness (QED) is 0.928. The fraction of sp³-hybridized carbons (Fsp3) is 0.412. The average molecular weight is 270 g/mol. The third-order valence-corrected chi connectivity index (χ3v) is 4.38. The van der Waals surface area contributed by atoms with Crippen molar-refractivity contribution in [1.29, 1.82) is 0 Å². The van der Waals surface area contributed by atoms with Crippen LogP contribution < -0.4 is 5.73 Å². The van der Waals surface area contributed by atoms with E-state index in [2.05, 4.69) is 54.4 Å². The van der Waals surface area contributed by atoms with Crippen molar-refractivity contribution in [1.82, 2.24) is 4.90 Å². The highest BCUT2D eigenvalue weighted by Crippen LogP contribution is 2.29. The van der Waals surface area contributed by atoms with Crippen LogP contribution >= 0.6 is 0 Å². The average Bonchev–Trinajstić information content (AvgIpc) is 3.02. The summed E-state index contributed by atoms with van der Waals surface area (Å²) in [6.07, 6.45) is 1.10. The van der Waals surface area contributed by atoms with Gasteiger partial charge < -0.3 is 10.5 Å². The van der Waals surface area contributed by atoms with Crippen LogP contribution in [0.25, 0.3) is 10.8 Å². The molecule has 0 radical (unpaired) electrons. The second kappa shape index (κ2) is 5.92. The summed E-state index contributed by atoms with van der Waals surface area (Å²) in [5.74, 6) is 0. The van der Waals surface area contributed by atoms with Crippen LogP contribution in [0, 0.1) is 0 Å². The zero-order chi connectivity index (χ0) is 13.9. The van der Waals surface area contributed by atoms with E-state index in [1.807, 2.05) is 0 Å². The minimum absolute atomic E-state index is 0.243. The molecule has 3 rings (SSSR count). The van der Waals surface area contributed by atoms with Gasteiger partial charge in [0.05, 0.1) is 6.61 Å². The molecule has 106 valence electrons. The van der Waals surface area contributed by atoms with Gasteiger partial charge in [0.2, 0.25) is 0 Å². The van der Waals surface area contributed by atoms with E-state index >= 15 is 0 Å². The summed E-state index contributed by atoms with van der Waals surface area (Å²) in [7, 11) is 2.17. The molecule has 2 unspecified atom stereocenters. The maximum atomic E-state index is 6.08. The van der Waals surface area contributed by atoms with E-state index in [0.717, 1.165) is 19.6 Å². The van der Waals surface area contributed by atoms with Crippen LogP contribution in [0.4, 0.5) is 0 Å². The first-order chi connectivity index (χ1) is 9.81. The first kappa shape index (κ1) is 13.6. The van der Waals surface area contributed by atoms with Crippen LogP contribution in [0.2, 0.25) is 0 Å². The van der Waals surface area contributed by atoms with Crippen molar-refractivity contribution in [2.24, 2.45) is 5.73 Å². The first-order valence-corrected chi connectivity index (χ1v) is 7.28. The Hall–Kier alpha value is -1.42. The van der Waals surface area contributed by atoms with Crippen LogP contribution in [0.15, 0.2) is 42.5 Å². The minimum atomic E-state index is 0.243. The van der Waals surface area contributed by atoms with Gasteiger partial charge in [0.15, 0.2) is 0 Å². The maximum Gasteiger partial charge on any atom is 0.0622 e. The Kier molecular flexibility index (Phi) is 4.01. The molecular formula is C17H22N2O. The predicted octanol–water partition coefficient (Wildman–Crippen LogP) is 2.56. The number of hydrogen-bond acceptors (Lipinski definition) is 3. The van der Waals surface area contributed by atoms with Crippen LogP contribution in [-0.4, -0.2) is 37.7 Å². The lowest BCUT2D eigenvalue weighted by Gasteiger charge is -2.32. The molecule has 2 aromatic rings. The molecule has 1 saturated heterocycles. The topological polar surface area (TPSA) is 38.5 Å². The second-order valence-corrected chi connectivity index (χ2v) is 5.50. The van der Waals surface area contributed by atoms with Gasteiger partial charge >= 0.3 is 0 Å². The highest BCUT2D eigenvalue weighted by Gasteiger charge is 2.27. The van der Waals surface area contributed by atoms with Gasteiger partial charge in [0.25, 0.3) is 0 Å². The van der Waals surface area contributed by atoms with E-state index in [9.17, 15) is 0 Å². The monoisotopic (exact) mass is 270 g/mol. The molecule has 3 heteroatoms. The Morgan fingerprint density at radius 3 is 2.80 bits per heavy atom. The van der Waals surface area contributed by atoms with Gasteiger partial charge in [0, 0.05) is 25.2 Å². The highest BCUT2D eigenvalue weighted by molar-refractivity contribution is 5.86. The molecule has 1 heterocycles. The summed E-state index contributed by atoms with van der Waals surface area (Å²) in [5, 5.41) is 2.58. The van der Waals surface area contributed by atoms with Gasteiger partial charge in [-0.25, -0.2) is 0 Å². The summed E-state index contributed by atoms with van der Waals surface area (Å²) < 4.78 is 5.51. The van der Waals surface area contributed by atoms with Crippen molar-refractivity contribution in [2.45, 2.75) is 18.5 Å². The zero-order valence-electron chi connectivity index (χ0n) is 12.0. The Morgan fingerprint density at radius 2 is 2.05 bits per heavy atom. The van der Waals surface area contributed by atoms with Crippen molar-refractivity contribution in [3.8, 4) is 0 Å². The van der Waals surface area contributed by atoms with Crippen molar-refractivity contribution in [2.75, 3.05) is 26.8 Å². The van der Waals surface area contributed by atoms with Crippen LogP contribution in [0.1, 0.15) is 18.0 Å². The number of rotatable bonds is 4. The molecule has 2 aromatic carbocycles. The number of nitrogens with two attached hydrogens (primary N) is 1. The Morgan fingerprint density at radius 1 is 1.25 bits per heavy atom. The Bertz CT molecular complexity index is 573. The summed E-state index contributed by atoms with van der Waals surface area (Å²) in [5.41, 5.74) is 7.40. The molecule has 0 spiro atoms. The molecule has 3 nitrogen and oxygen atoms in total. The molecule has 0 aromatic heterocycles. The van der Waals surface area contributed by atoms with Gasteiger partial charge in [-0.3, -0.25) is 4.90 Å². The maximum absolute atomic E-state index is 6.08. The van der Waals surface area contributed by atoms with Crippen molar-refractivity contribution in [3.05, 3.63) is 48.0 Å². The minimum Gasteiger partial charge on any atom is -0.380 e. The molecule has 0 saturated carbocycles. The fourth-order valence-corrected chi connectivity index (χ4v) is 3.15. The van der Waals surface area contributed by atoms with E-state index in [1.54, 1.807) is 0 Å². The second-order valence-electron chi connectivity index (χ2n) is 5.50. The lowest BCUT2D eigenvalue weighted by molar-refractivity contribution is 0.135. The van der Waals surface area contributed by atoms with E-state index in [1.165, 1.54) is 16.3 Å². The number of ether oxygens (including phenoxy) is 1. The molecule has 0 aliphatic carbocycles. The molecule has 1 fully saturated rings. The lowest BCUT2D eigenvalue weighted by Crippen LogP contribution is -2.39. The SMILES string of the molecule is CN(C1CCOC1)C(CN)c1cccc2ccccc12. The van der Waals surface area contributed by atoms with E-state index in [-0.39, 0.29) is 6.04 Å². The number of fused-ring (bicyclic) bond motifs is 1. The van der Waals surface area contributed by atoms with Crippen LogP contribution in [0.5, 0.6) is 0 Å². The summed E-state index contributed by atoms with van der Waals surface area (Å²) >= 11 is 0.